The average Bonchev–Trinajstić information content (AvgIpc) is 2.18. The number of hydrogen-bond donors (Lipinski definition) is 1. The minimum Gasteiger partial charge on any atom is -0.449 e. The van der Waals surface area contributed by atoms with E-state index in [-0.39, 0.29) is 17.5 Å². The lowest BCUT2D eigenvalue weighted by Crippen LogP contribution is -2.36. The van der Waals surface area contributed by atoms with Crippen LogP contribution >= 0.6 is 24.8 Å². The van der Waals surface area contributed by atoms with Gasteiger partial charge in [0.2, 0.25) is 0 Å². The molecule has 90 valence electrons. The van der Waals surface area contributed by atoms with Crippen LogP contribution in [0.4, 0.5) is 9.59 Å². The highest BCUT2D eigenvalue weighted by Crippen LogP contribution is 1.97. The number of thiocarbonyl (C=S) groups is 1. The molecular formula is C8H12N2O4S2. The van der Waals surface area contributed by atoms with Gasteiger partial charge in [0.05, 0.1) is 13.2 Å². The Morgan fingerprint density at radius 1 is 1.31 bits per heavy atom. The summed E-state index contributed by atoms with van der Waals surface area (Å²) in [6.07, 6.45) is -0.853. The van der Waals surface area contributed by atoms with Gasteiger partial charge in [0, 0.05) is 0 Å². The van der Waals surface area contributed by atoms with Crippen LogP contribution in [-0.4, -0.2) is 41.0 Å². The molecule has 6 nitrogen and oxygen atoms in total. The topological polar surface area (TPSA) is 68.2 Å². The predicted molar refractivity (Wildman–Crippen MR) is 66.0 cm³/mol. The molecule has 0 rings (SSSR count). The SMILES string of the molecule is CCOC(=O)N(C=NC(=S)S)C(=O)OCC. The summed E-state index contributed by atoms with van der Waals surface area (Å²) < 4.78 is 9.25. The van der Waals surface area contributed by atoms with Crippen LogP contribution in [0.25, 0.3) is 0 Å². The van der Waals surface area contributed by atoms with E-state index in [9.17, 15) is 9.59 Å². The van der Waals surface area contributed by atoms with E-state index in [0.29, 0.717) is 4.90 Å². The van der Waals surface area contributed by atoms with Gasteiger partial charge in [0.1, 0.15) is 6.34 Å². The number of nitrogens with zero attached hydrogens (tertiary/aromatic N) is 2. The molecule has 0 aliphatic rings. The van der Waals surface area contributed by atoms with Gasteiger partial charge < -0.3 is 9.47 Å². The number of carbonyl (C=O) groups excluding carboxylic acids is 2. The second-order valence-corrected chi connectivity index (χ2v) is 3.41. The van der Waals surface area contributed by atoms with Crippen molar-refractivity contribution >= 4 is 47.7 Å². The molecule has 0 bridgehead atoms. The van der Waals surface area contributed by atoms with Crippen molar-refractivity contribution in [3.63, 3.8) is 0 Å². The van der Waals surface area contributed by atoms with Crippen molar-refractivity contribution in [3.8, 4) is 0 Å². The molecule has 2 amide bonds. The number of amides is 2. The zero-order chi connectivity index (χ0) is 12.6. The van der Waals surface area contributed by atoms with Crippen molar-refractivity contribution in [1.29, 1.82) is 0 Å². The van der Waals surface area contributed by atoms with Crippen molar-refractivity contribution in [1.82, 2.24) is 4.90 Å². The van der Waals surface area contributed by atoms with E-state index in [1.54, 1.807) is 13.8 Å². The lowest BCUT2D eigenvalue weighted by Gasteiger charge is -2.13. The number of thiol groups is 1. The van der Waals surface area contributed by atoms with Gasteiger partial charge in [-0.1, -0.05) is 12.2 Å². The summed E-state index contributed by atoms with van der Waals surface area (Å²) in [5.41, 5.74) is 0. The number of carbonyl (C=O) groups is 2. The maximum absolute atomic E-state index is 11.3. The molecule has 0 aliphatic carbocycles. The Labute approximate surface area is 104 Å². The molecule has 0 saturated heterocycles. The van der Waals surface area contributed by atoms with E-state index in [4.69, 9.17) is 0 Å². The molecule has 0 aromatic heterocycles. The maximum atomic E-state index is 11.3. The van der Waals surface area contributed by atoms with Gasteiger partial charge in [0.15, 0.2) is 4.32 Å². The van der Waals surface area contributed by atoms with Crippen molar-refractivity contribution in [2.24, 2.45) is 4.99 Å². The molecule has 0 N–H and O–H groups in total. The molecule has 0 saturated carbocycles. The molecule has 0 atom stereocenters. The van der Waals surface area contributed by atoms with E-state index in [2.05, 4.69) is 39.3 Å². The number of aliphatic imine (C=N–C) groups is 1. The fourth-order valence-electron chi connectivity index (χ4n) is 0.662. The lowest BCUT2D eigenvalue weighted by molar-refractivity contribution is 0.103. The van der Waals surface area contributed by atoms with E-state index in [1.807, 2.05) is 0 Å². The highest BCUT2D eigenvalue weighted by molar-refractivity contribution is 8.11. The minimum absolute atomic E-state index is 0.0152. The zero-order valence-electron chi connectivity index (χ0n) is 8.87. The summed E-state index contributed by atoms with van der Waals surface area (Å²) in [6.45, 7) is 3.49. The van der Waals surface area contributed by atoms with Gasteiger partial charge >= 0.3 is 12.2 Å². The third-order valence-electron chi connectivity index (χ3n) is 1.21. The molecule has 0 aromatic rings. The standard InChI is InChI=1S/C8H12N2O4S2/c1-3-13-7(11)10(5-9-6(15)16)8(12)14-4-2/h5H,3-4H2,1-2H3,(H,15,16). The van der Waals surface area contributed by atoms with Crippen molar-refractivity contribution in [2.75, 3.05) is 13.2 Å². The second kappa shape index (κ2) is 8.05. The Kier molecular flexibility index (Phi) is 7.48. The monoisotopic (exact) mass is 264 g/mol. The summed E-state index contributed by atoms with van der Waals surface area (Å²) in [6, 6.07) is 0. The van der Waals surface area contributed by atoms with Crippen LogP contribution in [-0.2, 0) is 9.47 Å². The largest absolute Gasteiger partial charge is 0.449 e. The molecule has 8 heteroatoms. The smallest absolute Gasteiger partial charge is 0.424 e. The molecule has 0 radical (unpaired) electrons. The van der Waals surface area contributed by atoms with Gasteiger partial charge in [0.25, 0.3) is 0 Å². The first-order valence-corrected chi connectivity index (χ1v) is 5.28. The summed E-state index contributed by atoms with van der Waals surface area (Å²) in [7, 11) is 0. The molecular weight excluding hydrogens is 252 g/mol. The Hall–Kier alpha value is -1.15. The van der Waals surface area contributed by atoms with Gasteiger partial charge in [-0.3, -0.25) is 0 Å². The zero-order valence-corrected chi connectivity index (χ0v) is 10.6. The van der Waals surface area contributed by atoms with E-state index >= 15 is 0 Å². The molecule has 0 aromatic carbocycles. The predicted octanol–water partition coefficient (Wildman–Crippen LogP) is 1.84. The number of ether oxygens (including phenoxy) is 2. The van der Waals surface area contributed by atoms with Crippen LogP contribution in [0.3, 0.4) is 0 Å². The quantitative estimate of drug-likeness (QED) is 0.364. The number of imide groups is 1. The first-order chi connectivity index (χ1) is 7.52. The fraction of sp³-hybridized carbons (Fsp3) is 0.500. The Morgan fingerprint density at radius 2 is 1.75 bits per heavy atom. The Morgan fingerprint density at radius 3 is 2.06 bits per heavy atom. The van der Waals surface area contributed by atoms with Crippen molar-refractivity contribution < 1.29 is 19.1 Å². The van der Waals surface area contributed by atoms with Crippen LogP contribution in [0.1, 0.15) is 13.8 Å². The van der Waals surface area contributed by atoms with E-state index in [1.165, 1.54) is 0 Å². The third kappa shape index (κ3) is 5.66. The van der Waals surface area contributed by atoms with Crippen LogP contribution in [0.15, 0.2) is 4.99 Å². The summed E-state index contributed by atoms with van der Waals surface area (Å²) >= 11 is 8.27. The Balaban J connectivity index is 4.68. The first kappa shape index (κ1) is 14.8. The normalized spacial score (nSPS) is 9.94. The fourth-order valence-corrected chi connectivity index (χ4v) is 0.761. The van der Waals surface area contributed by atoms with Gasteiger partial charge in [-0.2, -0.15) is 4.90 Å². The molecule has 0 heterocycles. The maximum Gasteiger partial charge on any atom is 0.424 e. The van der Waals surface area contributed by atoms with Crippen LogP contribution in [0, 0.1) is 0 Å². The Bertz CT molecular complexity index is 288. The van der Waals surface area contributed by atoms with Gasteiger partial charge in [-0.05, 0) is 13.8 Å². The van der Waals surface area contributed by atoms with Crippen molar-refractivity contribution in [3.05, 3.63) is 0 Å². The molecule has 0 fully saturated rings. The molecule has 0 spiro atoms. The molecule has 0 aliphatic heterocycles. The van der Waals surface area contributed by atoms with Crippen LogP contribution < -0.4 is 0 Å². The number of rotatable bonds is 3. The highest BCUT2D eigenvalue weighted by Gasteiger charge is 2.22. The van der Waals surface area contributed by atoms with Gasteiger partial charge in [-0.25, -0.2) is 14.6 Å². The molecule has 0 unspecified atom stereocenters. The summed E-state index contributed by atoms with van der Waals surface area (Å²) in [4.78, 5) is 26.7. The average molecular weight is 264 g/mol. The van der Waals surface area contributed by atoms with E-state index in [0.717, 1.165) is 6.34 Å². The minimum atomic E-state index is -0.880. The van der Waals surface area contributed by atoms with Crippen LogP contribution in [0.5, 0.6) is 0 Å². The van der Waals surface area contributed by atoms with Crippen molar-refractivity contribution in [2.45, 2.75) is 13.8 Å². The molecule has 16 heavy (non-hydrogen) atoms. The van der Waals surface area contributed by atoms with Crippen LogP contribution in [0.2, 0.25) is 0 Å². The van der Waals surface area contributed by atoms with Gasteiger partial charge in [-0.15, -0.1) is 12.6 Å². The highest BCUT2D eigenvalue weighted by atomic mass is 32.1. The lowest BCUT2D eigenvalue weighted by atomic mass is 10.7. The van der Waals surface area contributed by atoms with E-state index < -0.39 is 12.2 Å². The third-order valence-corrected chi connectivity index (χ3v) is 1.43. The first-order valence-electron chi connectivity index (χ1n) is 4.42. The summed E-state index contributed by atoms with van der Waals surface area (Å²) in [5.74, 6) is 0. The summed E-state index contributed by atoms with van der Waals surface area (Å²) in [5, 5.41) is 0. The number of hydrogen-bond acceptors (Lipinski definition) is 5. The second-order valence-electron chi connectivity index (χ2n) is 2.29.